The summed E-state index contributed by atoms with van der Waals surface area (Å²) in [5, 5.41) is 22.6. The van der Waals surface area contributed by atoms with E-state index in [2.05, 4.69) is 20.4 Å². The van der Waals surface area contributed by atoms with Crippen LogP contribution < -0.4 is 10.2 Å². The second kappa shape index (κ2) is 11.7. The summed E-state index contributed by atoms with van der Waals surface area (Å²) in [6.07, 6.45) is 0.212. The highest BCUT2D eigenvalue weighted by molar-refractivity contribution is 8.01. The van der Waals surface area contributed by atoms with Gasteiger partial charge in [0.15, 0.2) is 4.34 Å². The first-order valence-corrected chi connectivity index (χ1v) is 11.7. The van der Waals surface area contributed by atoms with Gasteiger partial charge in [-0.1, -0.05) is 35.2 Å². The molecule has 0 aliphatic carbocycles. The minimum Gasteiger partial charge on any atom is -0.383 e. The molecule has 0 unspecified atom stereocenters. The van der Waals surface area contributed by atoms with E-state index in [9.17, 15) is 19.7 Å². The lowest BCUT2D eigenvalue weighted by Crippen LogP contribution is -2.49. The quantitative estimate of drug-likeness (QED) is 0.231. The van der Waals surface area contributed by atoms with Crippen LogP contribution in [0.25, 0.3) is 0 Å². The molecule has 1 aromatic heterocycles. The molecular weight excluding hydrogens is 456 g/mol. The van der Waals surface area contributed by atoms with Crippen LogP contribution in [0.4, 0.5) is 10.8 Å². The van der Waals surface area contributed by atoms with Crippen LogP contribution in [0, 0.1) is 10.1 Å². The van der Waals surface area contributed by atoms with Crippen LogP contribution in [0.5, 0.6) is 0 Å². The van der Waals surface area contributed by atoms with Gasteiger partial charge in [-0.3, -0.25) is 19.7 Å². The number of methoxy groups -OCH3 is 1. The maximum Gasteiger partial charge on any atom is 0.269 e. The first-order valence-electron chi connectivity index (χ1n) is 9.94. The van der Waals surface area contributed by atoms with Crippen LogP contribution in [0.15, 0.2) is 28.6 Å². The molecule has 0 bridgehead atoms. The molecule has 1 aliphatic rings. The Bertz CT molecular complexity index is 931. The summed E-state index contributed by atoms with van der Waals surface area (Å²) in [6, 6.07) is 6.05. The van der Waals surface area contributed by atoms with Gasteiger partial charge < -0.3 is 19.9 Å². The van der Waals surface area contributed by atoms with Gasteiger partial charge in [-0.15, -0.1) is 10.2 Å². The molecule has 13 heteroatoms. The number of rotatable bonds is 10. The highest BCUT2D eigenvalue weighted by atomic mass is 32.2. The first-order chi connectivity index (χ1) is 15.5. The summed E-state index contributed by atoms with van der Waals surface area (Å²) >= 11 is 2.77. The Kier molecular flexibility index (Phi) is 8.76. The van der Waals surface area contributed by atoms with E-state index >= 15 is 0 Å². The Morgan fingerprint density at radius 1 is 1.22 bits per heavy atom. The second-order valence-electron chi connectivity index (χ2n) is 6.95. The van der Waals surface area contributed by atoms with Crippen LogP contribution in [-0.4, -0.2) is 84.0 Å². The number of nitro groups is 1. The topological polar surface area (TPSA) is 131 Å². The van der Waals surface area contributed by atoms with Crippen molar-refractivity contribution in [1.29, 1.82) is 0 Å². The molecule has 172 valence electrons. The van der Waals surface area contributed by atoms with E-state index in [1.807, 2.05) is 0 Å². The largest absolute Gasteiger partial charge is 0.383 e. The van der Waals surface area contributed by atoms with Crippen molar-refractivity contribution in [2.45, 2.75) is 10.8 Å². The van der Waals surface area contributed by atoms with Crippen LogP contribution in [-0.2, 0) is 20.7 Å². The van der Waals surface area contributed by atoms with Crippen molar-refractivity contribution in [1.82, 2.24) is 20.4 Å². The Hall–Kier alpha value is -2.77. The summed E-state index contributed by atoms with van der Waals surface area (Å²) in [4.78, 5) is 38.5. The van der Waals surface area contributed by atoms with E-state index in [-0.39, 0.29) is 29.7 Å². The highest BCUT2D eigenvalue weighted by Gasteiger charge is 2.23. The molecule has 1 saturated heterocycles. The Balaban J connectivity index is 1.43. The number of nitro benzene ring substituents is 1. The molecular formula is C19H24N6O5S2. The number of carbonyl (C=O) groups is 2. The molecule has 1 N–H and O–H groups in total. The fourth-order valence-corrected chi connectivity index (χ4v) is 4.75. The van der Waals surface area contributed by atoms with Crippen molar-refractivity contribution in [2.24, 2.45) is 0 Å². The van der Waals surface area contributed by atoms with Gasteiger partial charge in [0.05, 0.1) is 23.7 Å². The Morgan fingerprint density at radius 2 is 1.94 bits per heavy atom. The third-order valence-corrected chi connectivity index (χ3v) is 6.87. The number of piperazine rings is 1. The van der Waals surface area contributed by atoms with Gasteiger partial charge in [0.1, 0.15) is 0 Å². The SMILES string of the molecule is COCCNC(=O)CSc1nnc(N2CCN(C(=O)Cc3ccc([N+](=O)[O-])cc3)CC2)s1. The third-order valence-electron chi connectivity index (χ3n) is 4.76. The number of hydrogen-bond donors (Lipinski definition) is 1. The number of amides is 2. The number of carbonyl (C=O) groups excluding carboxylic acids is 2. The van der Waals surface area contributed by atoms with Crippen LogP contribution in [0.1, 0.15) is 5.56 Å². The number of nitrogens with zero attached hydrogens (tertiary/aromatic N) is 5. The third kappa shape index (κ3) is 6.87. The normalized spacial score (nSPS) is 13.8. The number of benzene rings is 1. The summed E-state index contributed by atoms with van der Waals surface area (Å²) in [5.41, 5.74) is 0.760. The number of anilines is 1. The Labute approximate surface area is 193 Å². The maximum absolute atomic E-state index is 12.6. The van der Waals surface area contributed by atoms with E-state index < -0.39 is 4.92 Å². The van der Waals surface area contributed by atoms with Crippen molar-refractivity contribution in [3.63, 3.8) is 0 Å². The van der Waals surface area contributed by atoms with Gasteiger partial charge in [-0.2, -0.15) is 0 Å². The molecule has 0 radical (unpaired) electrons. The standard InChI is InChI=1S/C19H24N6O5S2/c1-30-11-6-20-16(26)13-31-19-22-21-18(32-19)24-9-7-23(8-10-24)17(27)12-14-2-4-15(5-3-14)25(28)29/h2-5H,6-13H2,1H3,(H,20,26). The van der Waals surface area contributed by atoms with E-state index in [4.69, 9.17) is 4.74 Å². The first kappa shape index (κ1) is 23.9. The molecule has 11 nitrogen and oxygen atoms in total. The minimum atomic E-state index is -0.458. The summed E-state index contributed by atoms with van der Waals surface area (Å²) in [5.74, 6) is 0.180. The van der Waals surface area contributed by atoms with Gasteiger partial charge in [0.2, 0.25) is 16.9 Å². The van der Waals surface area contributed by atoms with Gasteiger partial charge in [0, 0.05) is 52.0 Å². The average Bonchev–Trinajstić information content (AvgIpc) is 3.27. The fraction of sp³-hybridized carbons (Fsp3) is 0.474. The van der Waals surface area contributed by atoms with E-state index in [0.29, 0.717) is 39.3 Å². The van der Waals surface area contributed by atoms with Crippen molar-refractivity contribution >= 4 is 45.7 Å². The lowest BCUT2D eigenvalue weighted by atomic mass is 10.1. The molecule has 2 amide bonds. The van der Waals surface area contributed by atoms with Crippen molar-refractivity contribution < 1.29 is 19.2 Å². The number of aromatic nitrogens is 2. The predicted octanol–water partition coefficient (Wildman–Crippen LogP) is 1.19. The van der Waals surface area contributed by atoms with Crippen molar-refractivity contribution in [3.8, 4) is 0 Å². The predicted molar refractivity (Wildman–Crippen MR) is 121 cm³/mol. The van der Waals surface area contributed by atoms with Gasteiger partial charge in [0.25, 0.3) is 5.69 Å². The van der Waals surface area contributed by atoms with E-state index in [0.717, 1.165) is 15.0 Å². The molecule has 32 heavy (non-hydrogen) atoms. The molecule has 1 aromatic carbocycles. The zero-order chi connectivity index (χ0) is 22.9. The molecule has 0 spiro atoms. The molecule has 1 aliphatic heterocycles. The lowest BCUT2D eigenvalue weighted by Gasteiger charge is -2.34. The molecule has 0 saturated carbocycles. The van der Waals surface area contributed by atoms with E-state index in [1.54, 1.807) is 24.1 Å². The monoisotopic (exact) mass is 480 g/mol. The number of nitrogens with one attached hydrogen (secondary N) is 1. The molecule has 1 fully saturated rings. The van der Waals surface area contributed by atoms with Crippen molar-refractivity contribution in [3.05, 3.63) is 39.9 Å². The molecule has 2 aromatic rings. The number of ether oxygens (including phenoxy) is 1. The number of hydrogen-bond acceptors (Lipinski definition) is 10. The number of thioether (sulfide) groups is 1. The summed E-state index contributed by atoms with van der Waals surface area (Å²) < 4.78 is 5.62. The zero-order valence-corrected chi connectivity index (χ0v) is 19.2. The molecule has 0 atom stereocenters. The molecule has 2 heterocycles. The van der Waals surface area contributed by atoms with Gasteiger partial charge in [-0.25, -0.2) is 0 Å². The maximum atomic E-state index is 12.6. The van der Waals surface area contributed by atoms with Crippen molar-refractivity contribution in [2.75, 3.05) is 57.1 Å². The number of non-ortho nitro benzene ring substituents is 1. The average molecular weight is 481 g/mol. The van der Waals surface area contributed by atoms with Gasteiger partial charge >= 0.3 is 0 Å². The fourth-order valence-electron chi connectivity index (χ4n) is 3.03. The van der Waals surface area contributed by atoms with Gasteiger partial charge in [-0.05, 0) is 5.56 Å². The van der Waals surface area contributed by atoms with Crippen LogP contribution in [0.3, 0.4) is 0 Å². The smallest absolute Gasteiger partial charge is 0.269 e. The zero-order valence-electron chi connectivity index (χ0n) is 17.6. The Morgan fingerprint density at radius 3 is 2.59 bits per heavy atom. The second-order valence-corrected chi connectivity index (χ2v) is 9.13. The van der Waals surface area contributed by atoms with Crippen LogP contribution >= 0.6 is 23.1 Å². The summed E-state index contributed by atoms with van der Waals surface area (Å²) in [7, 11) is 1.58. The minimum absolute atomic E-state index is 0.00787. The highest BCUT2D eigenvalue weighted by Crippen LogP contribution is 2.28. The summed E-state index contributed by atoms with van der Waals surface area (Å²) in [6.45, 7) is 3.36. The molecule has 3 rings (SSSR count). The lowest BCUT2D eigenvalue weighted by molar-refractivity contribution is -0.384. The van der Waals surface area contributed by atoms with E-state index in [1.165, 1.54) is 35.2 Å². The van der Waals surface area contributed by atoms with Crippen LogP contribution in [0.2, 0.25) is 0 Å².